The number of hydrogen-bond acceptors (Lipinski definition) is 2. The number of carbonyl (C=O) groups excluding carboxylic acids is 1. The summed E-state index contributed by atoms with van der Waals surface area (Å²) in [5.74, 6) is 0.329. The molecule has 2 N–H and O–H groups in total. The average Bonchev–Trinajstić information content (AvgIpc) is 2.46. The summed E-state index contributed by atoms with van der Waals surface area (Å²) in [5.41, 5.74) is 8.21. The summed E-state index contributed by atoms with van der Waals surface area (Å²) >= 11 is 0. The second kappa shape index (κ2) is 5.61. The molecule has 0 aliphatic heterocycles. The Bertz CT molecular complexity index is 534. The van der Waals surface area contributed by atoms with E-state index in [1.54, 1.807) is 0 Å². The first-order chi connectivity index (χ1) is 8.72. The van der Waals surface area contributed by atoms with Gasteiger partial charge in [0.2, 0.25) is 0 Å². The highest BCUT2D eigenvalue weighted by atomic mass is 16.1. The van der Waals surface area contributed by atoms with Crippen molar-refractivity contribution in [2.45, 2.75) is 12.8 Å². The van der Waals surface area contributed by atoms with Gasteiger partial charge >= 0.3 is 0 Å². The number of hydrogen-bond donors (Lipinski definition) is 1. The molecule has 0 saturated heterocycles. The lowest BCUT2D eigenvalue weighted by Crippen LogP contribution is -2.10. The highest BCUT2D eigenvalue weighted by molar-refractivity contribution is 6.09. The van der Waals surface area contributed by atoms with Crippen LogP contribution in [0.3, 0.4) is 0 Å². The summed E-state index contributed by atoms with van der Waals surface area (Å²) in [7, 11) is 0. The van der Waals surface area contributed by atoms with Crippen molar-refractivity contribution in [1.29, 1.82) is 0 Å². The van der Waals surface area contributed by atoms with Crippen LogP contribution in [-0.2, 0) is 0 Å². The van der Waals surface area contributed by atoms with Crippen molar-refractivity contribution in [2.75, 3.05) is 6.54 Å². The lowest BCUT2D eigenvalue weighted by Gasteiger charge is -2.10. The molecule has 2 aromatic rings. The molecule has 0 heterocycles. The highest BCUT2D eigenvalue weighted by Crippen LogP contribution is 2.17. The minimum Gasteiger partial charge on any atom is -0.330 e. The van der Waals surface area contributed by atoms with E-state index in [-0.39, 0.29) is 11.7 Å². The van der Waals surface area contributed by atoms with Crippen LogP contribution in [0.25, 0.3) is 0 Å². The van der Waals surface area contributed by atoms with Gasteiger partial charge in [-0.15, -0.1) is 0 Å². The van der Waals surface area contributed by atoms with Crippen molar-refractivity contribution in [3.63, 3.8) is 0 Å². The molecule has 0 aliphatic rings. The first kappa shape index (κ1) is 12.5. The predicted molar refractivity (Wildman–Crippen MR) is 73.8 cm³/mol. The van der Waals surface area contributed by atoms with E-state index in [1.807, 2.05) is 54.6 Å². The van der Waals surface area contributed by atoms with E-state index in [4.69, 9.17) is 5.73 Å². The molecule has 0 bridgehead atoms. The average molecular weight is 239 g/mol. The maximum absolute atomic E-state index is 12.3. The first-order valence-electron chi connectivity index (χ1n) is 6.12. The van der Waals surface area contributed by atoms with E-state index >= 15 is 0 Å². The molecule has 1 atom stereocenters. The molecular weight excluding hydrogens is 222 g/mol. The second-order valence-electron chi connectivity index (χ2n) is 4.46. The summed E-state index contributed by atoms with van der Waals surface area (Å²) in [5, 5.41) is 0. The summed E-state index contributed by atoms with van der Waals surface area (Å²) < 4.78 is 0. The van der Waals surface area contributed by atoms with Crippen molar-refractivity contribution in [1.82, 2.24) is 0 Å². The second-order valence-corrected chi connectivity index (χ2v) is 4.46. The number of benzene rings is 2. The fourth-order valence-corrected chi connectivity index (χ4v) is 1.88. The lowest BCUT2D eigenvalue weighted by atomic mass is 9.96. The zero-order valence-electron chi connectivity index (χ0n) is 10.5. The van der Waals surface area contributed by atoms with Crippen molar-refractivity contribution in [2.24, 2.45) is 5.73 Å². The minimum absolute atomic E-state index is 0.0571. The predicted octanol–water partition coefficient (Wildman–Crippen LogP) is 2.98. The van der Waals surface area contributed by atoms with E-state index < -0.39 is 0 Å². The van der Waals surface area contributed by atoms with Gasteiger partial charge < -0.3 is 5.73 Å². The quantitative estimate of drug-likeness (QED) is 0.833. The van der Waals surface area contributed by atoms with E-state index in [0.717, 1.165) is 16.7 Å². The Balaban J connectivity index is 2.32. The summed E-state index contributed by atoms with van der Waals surface area (Å²) in [6.45, 7) is 2.65. The number of ketones is 1. The molecule has 0 spiro atoms. The van der Waals surface area contributed by atoms with Crippen LogP contribution in [0.1, 0.15) is 34.3 Å². The monoisotopic (exact) mass is 239 g/mol. The Kier molecular flexibility index (Phi) is 3.90. The molecule has 1 unspecified atom stereocenters. The van der Waals surface area contributed by atoms with Crippen LogP contribution in [0, 0.1) is 0 Å². The molecule has 0 fully saturated rings. The Morgan fingerprint density at radius 2 is 1.72 bits per heavy atom. The molecule has 0 aliphatic carbocycles. The van der Waals surface area contributed by atoms with Crippen molar-refractivity contribution in [3.05, 3.63) is 71.3 Å². The van der Waals surface area contributed by atoms with E-state index in [1.165, 1.54) is 0 Å². The molecule has 92 valence electrons. The maximum atomic E-state index is 12.3. The molecule has 2 nitrogen and oxygen atoms in total. The first-order valence-corrected chi connectivity index (χ1v) is 6.12. The summed E-state index contributed by atoms with van der Waals surface area (Å²) in [4.78, 5) is 12.3. The van der Waals surface area contributed by atoms with E-state index in [2.05, 4.69) is 6.92 Å². The van der Waals surface area contributed by atoms with Gasteiger partial charge in [-0.3, -0.25) is 4.79 Å². The Labute approximate surface area is 107 Å². The Morgan fingerprint density at radius 1 is 1.06 bits per heavy atom. The van der Waals surface area contributed by atoms with Crippen LogP contribution in [0.4, 0.5) is 0 Å². The topological polar surface area (TPSA) is 43.1 Å². The fraction of sp³-hybridized carbons (Fsp3) is 0.188. The molecule has 18 heavy (non-hydrogen) atoms. The molecule has 0 saturated carbocycles. The van der Waals surface area contributed by atoms with Crippen LogP contribution < -0.4 is 5.73 Å². The van der Waals surface area contributed by atoms with Crippen LogP contribution in [0.5, 0.6) is 0 Å². The molecule has 0 radical (unpaired) electrons. The molecule has 0 amide bonds. The molecule has 0 aromatic heterocycles. The summed E-state index contributed by atoms with van der Waals surface area (Å²) in [6, 6.07) is 17.0. The van der Waals surface area contributed by atoms with Gasteiger partial charge in [-0.2, -0.15) is 0 Å². The van der Waals surface area contributed by atoms with Gasteiger partial charge in [-0.1, -0.05) is 55.5 Å². The number of rotatable bonds is 4. The largest absolute Gasteiger partial charge is 0.330 e. The molecule has 2 rings (SSSR count). The highest BCUT2D eigenvalue weighted by Gasteiger charge is 2.10. The van der Waals surface area contributed by atoms with Crippen molar-refractivity contribution >= 4 is 5.78 Å². The smallest absolute Gasteiger partial charge is 0.193 e. The fourth-order valence-electron chi connectivity index (χ4n) is 1.88. The third-order valence-corrected chi connectivity index (χ3v) is 3.11. The Hall–Kier alpha value is -1.93. The molecule has 2 heteroatoms. The normalized spacial score (nSPS) is 12.1. The van der Waals surface area contributed by atoms with Gasteiger partial charge in [0.15, 0.2) is 5.78 Å². The van der Waals surface area contributed by atoms with Crippen LogP contribution in [0.2, 0.25) is 0 Å². The standard InChI is InChI=1S/C16H17NO/c1-12(11-17)14-8-5-9-15(10-14)16(18)13-6-3-2-4-7-13/h2-10,12H,11,17H2,1H3. The van der Waals surface area contributed by atoms with Gasteiger partial charge in [0.05, 0.1) is 0 Å². The number of nitrogens with two attached hydrogens (primary N) is 1. The van der Waals surface area contributed by atoms with Gasteiger partial charge in [0, 0.05) is 11.1 Å². The third-order valence-electron chi connectivity index (χ3n) is 3.11. The summed E-state index contributed by atoms with van der Waals surface area (Å²) in [6.07, 6.45) is 0. The van der Waals surface area contributed by atoms with Gasteiger partial charge in [0.25, 0.3) is 0 Å². The van der Waals surface area contributed by atoms with Crippen LogP contribution >= 0.6 is 0 Å². The van der Waals surface area contributed by atoms with Gasteiger partial charge in [-0.25, -0.2) is 0 Å². The Morgan fingerprint density at radius 3 is 2.39 bits per heavy atom. The van der Waals surface area contributed by atoms with Crippen LogP contribution in [-0.4, -0.2) is 12.3 Å². The minimum atomic E-state index is 0.0571. The van der Waals surface area contributed by atoms with E-state index in [9.17, 15) is 4.79 Å². The number of carbonyl (C=O) groups is 1. The molecular formula is C16H17NO. The third kappa shape index (κ3) is 2.66. The van der Waals surface area contributed by atoms with Crippen molar-refractivity contribution in [3.8, 4) is 0 Å². The zero-order valence-corrected chi connectivity index (χ0v) is 10.5. The lowest BCUT2D eigenvalue weighted by molar-refractivity contribution is 0.103. The maximum Gasteiger partial charge on any atom is 0.193 e. The zero-order chi connectivity index (χ0) is 13.0. The van der Waals surface area contributed by atoms with Gasteiger partial charge in [-0.05, 0) is 24.1 Å². The SMILES string of the molecule is CC(CN)c1cccc(C(=O)c2ccccc2)c1. The molecule has 2 aromatic carbocycles. The van der Waals surface area contributed by atoms with Crippen LogP contribution in [0.15, 0.2) is 54.6 Å². The van der Waals surface area contributed by atoms with Crippen molar-refractivity contribution < 1.29 is 4.79 Å². The van der Waals surface area contributed by atoms with E-state index in [0.29, 0.717) is 6.54 Å². The van der Waals surface area contributed by atoms with Gasteiger partial charge in [0.1, 0.15) is 0 Å².